The van der Waals surface area contributed by atoms with E-state index >= 15 is 0 Å². The van der Waals surface area contributed by atoms with Gasteiger partial charge in [-0.3, -0.25) is 4.79 Å². The van der Waals surface area contributed by atoms with E-state index in [4.69, 9.17) is 21.1 Å². The first-order valence-electron chi connectivity index (χ1n) is 9.53. The summed E-state index contributed by atoms with van der Waals surface area (Å²) in [6, 6.07) is 19.6. The van der Waals surface area contributed by atoms with E-state index in [1.54, 1.807) is 67.9 Å². The molecule has 0 saturated heterocycles. The fraction of sp³-hybridized carbons (Fsp3) is 0.0417. The van der Waals surface area contributed by atoms with Crippen molar-refractivity contribution in [1.29, 1.82) is 0 Å². The van der Waals surface area contributed by atoms with Crippen LogP contribution in [0, 0.1) is 5.82 Å². The average molecular weight is 450 g/mol. The predicted molar refractivity (Wildman–Crippen MR) is 120 cm³/mol. The molecule has 0 saturated carbocycles. The van der Waals surface area contributed by atoms with Crippen LogP contribution in [-0.4, -0.2) is 23.0 Å². The van der Waals surface area contributed by atoms with Crippen LogP contribution >= 0.6 is 11.6 Å². The van der Waals surface area contributed by atoms with Crippen LogP contribution in [0.4, 0.5) is 10.1 Å². The molecular formula is C24H17ClFN3O3. The summed E-state index contributed by atoms with van der Waals surface area (Å²) in [6.45, 7) is 0. The summed E-state index contributed by atoms with van der Waals surface area (Å²) in [7, 11) is 1.59. The lowest BCUT2D eigenvalue weighted by Crippen LogP contribution is -2.12. The van der Waals surface area contributed by atoms with Crippen LogP contribution in [0.5, 0.6) is 17.4 Å². The molecule has 1 aromatic heterocycles. The standard InChI is InChI=1S/C24H17ClFN3O3/c1-31-18-6-8-19(9-7-18)32-22-11-12-27-23(29-22)15-3-2-4-16(13-15)24(30)28-17-5-10-21(26)20(25)14-17/h2-14H,1H3,(H,28,30). The molecule has 8 heteroatoms. The highest BCUT2D eigenvalue weighted by Gasteiger charge is 2.11. The maximum absolute atomic E-state index is 13.3. The van der Waals surface area contributed by atoms with Crippen LogP contribution in [-0.2, 0) is 0 Å². The van der Waals surface area contributed by atoms with Gasteiger partial charge in [0, 0.05) is 29.1 Å². The first kappa shape index (κ1) is 21.3. The van der Waals surface area contributed by atoms with Crippen LogP contribution in [0.25, 0.3) is 11.4 Å². The minimum atomic E-state index is -0.555. The molecule has 3 aromatic carbocycles. The fourth-order valence-electron chi connectivity index (χ4n) is 2.88. The van der Waals surface area contributed by atoms with Crippen LogP contribution in [0.15, 0.2) is 79.0 Å². The number of aromatic nitrogens is 2. The third kappa shape index (κ3) is 5.01. The van der Waals surface area contributed by atoms with Gasteiger partial charge >= 0.3 is 0 Å². The Labute approximate surface area is 188 Å². The Kier molecular flexibility index (Phi) is 6.28. The molecule has 1 heterocycles. The lowest BCUT2D eigenvalue weighted by Gasteiger charge is -2.09. The number of hydrogen-bond acceptors (Lipinski definition) is 5. The summed E-state index contributed by atoms with van der Waals surface area (Å²) in [5.41, 5.74) is 1.40. The molecule has 0 atom stereocenters. The lowest BCUT2D eigenvalue weighted by atomic mass is 10.1. The van der Waals surface area contributed by atoms with Crippen molar-refractivity contribution in [3.63, 3.8) is 0 Å². The van der Waals surface area contributed by atoms with E-state index in [0.29, 0.717) is 34.3 Å². The van der Waals surface area contributed by atoms with Gasteiger partial charge in [0.15, 0.2) is 5.82 Å². The van der Waals surface area contributed by atoms with Gasteiger partial charge in [-0.1, -0.05) is 23.7 Å². The minimum absolute atomic E-state index is 0.0707. The second-order valence-electron chi connectivity index (χ2n) is 6.66. The van der Waals surface area contributed by atoms with Gasteiger partial charge in [-0.25, -0.2) is 9.37 Å². The third-order valence-electron chi connectivity index (χ3n) is 4.47. The number of nitrogens with zero attached hydrogens (tertiary/aromatic N) is 2. The van der Waals surface area contributed by atoms with Crippen molar-refractivity contribution >= 4 is 23.2 Å². The molecule has 1 N–H and O–H groups in total. The third-order valence-corrected chi connectivity index (χ3v) is 4.76. The number of nitrogens with one attached hydrogen (secondary N) is 1. The van der Waals surface area contributed by atoms with E-state index < -0.39 is 5.82 Å². The monoisotopic (exact) mass is 449 g/mol. The molecule has 0 radical (unpaired) electrons. The van der Waals surface area contributed by atoms with Gasteiger partial charge in [0.1, 0.15) is 17.3 Å². The van der Waals surface area contributed by atoms with Gasteiger partial charge in [-0.2, -0.15) is 4.98 Å². The number of benzene rings is 3. The second kappa shape index (κ2) is 9.45. The maximum Gasteiger partial charge on any atom is 0.255 e. The Morgan fingerprint density at radius 2 is 1.78 bits per heavy atom. The average Bonchev–Trinajstić information content (AvgIpc) is 2.82. The van der Waals surface area contributed by atoms with E-state index in [2.05, 4.69) is 15.3 Å². The van der Waals surface area contributed by atoms with E-state index in [9.17, 15) is 9.18 Å². The second-order valence-corrected chi connectivity index (χ2v) is 7.07. The number of hydrogen-bond donors (Lipinski definition) is 1. The van der Waals surface area contributed by atoms with Crippen molar-refractivity contribution in [2.45, 2.75) is 0 Å². The smallest absolute Gasteiger partial charge is 0.255 e. The fourth-order valence-corrected chi connectivity index (χ4v) is 3.06. The van der Waals surface area contributed by atoms with Crippen LogP contribution in [0.1, 0.15) is 10.4 Å². The van der Waals surface area contributed by atoms with E-state index in [0.717, 1.165) is 5.75 Å². The van der Waals surface area contributed by atoms with E-state index in [1.165, 1.54) is 18.2 Å². The Balaban J connectivity index is 1.52. The molecule has 4 rings (SSSR count). The molecule has 0 unspecified atom stereocenters. The molecule has 32 heavy (non-hydrogen) atoms. The van der Waals surface area contributed by atoms with Gasteiger partial charge in [0.25, 0.3) is 5.91 Å². The number of ether oxygens (including phenoxy) is 2. The summed E-state index contributed by atoms with van der Waals surface area (Å²) in [4.78, 5) is 21.3. The molecular weight excluding hydrogens is 433 g/mol. The summed E-state index contributed by atoms with van der Waals surface area (Å²) in [5.74, 6) is 1.15. The Morgan fingerprint density at radius 3 is 2.53 bits per heavy atom. The number of halogens is 2. The number of carbonyl (C=O) groups is 1. The quantitative estimate of drug-likeness (QED) is 0.391. The van der Waals surface area contributed by atoms with Gasteiger partial charge in [0.05, 0.1) is 12.1 Å². The van der Waals surface area contributed by atoms with Crippen molar-refractivity contribution in [2.75, 3.05) is 12.4 Å². The molecule has 0 spiro atoms. The van der Waals surface area contributed by atoms with Crippen molar-refractivity contribution in [1.82, 2.24) is 9.97 Å². The van der Waals surface area contributed by atoms with Crippen molar-refractivity contribution < 1.29 is 18.7 Å². The normalized spacial score (nSPS) is 10.5. The number of anilines is 1. The summed E-state index contributed by atoms with van der Waals surface area (Å²) in [6.07, 6.45) is 1.58. The number of amides is 1. The Hall–Kier alpha value is -3.97. The van der Waals surface area contributed by atoms with Crippen LogP contribution in [0.3, 0.4) is 0 Å². The van der Waals surface area contributed by atoms with Gasteiger partial charge < -0.3 is 14.8 Å². The molecule has 0 aliphatic carbocycles. The highest BCUT2D eigenvalue weighted by Crippen LogP contribution is 2.25. The van der Waals surface area contributed by atoms with Crippen molar-refractivity contribution in [3.8, 4) is 28.8 Å². The van der Waals surface area contributed by atoms with Gasteiger partial charge in [-0.15, -0.1) is 0 Å². The highest BCUT2D eigenvalue weighted by molar-refractivity contribution is 6.31. The Bertz CT molecular complexity index is 1270. The molecule has 1 amide bonds. The summed E-state index contributed by atoms with van der Waals surface area (Å²) in [5, 5.41) is 2.62. The molecule has 0 aliphatic heterocycles. The molecule has 160 valence electrons. The number of carbonyl (C=O) groups excluding carboxylic acids is 1. The molecule has 6 nitrogen and oxygen atoms in total. The largest absolute Gasteiger partial charge is 0.497 e. The topological polar surface area (TPSA) is 73.3 Å². The first-order valence-corrected chi connectivity index (χ1v) is 9.91. The molecule has 0 fully saturated rings. The summed E-state index contributed by atoms with van der Waals surface area (Å²) < 4.78 is 24.3. The predicted octanol–water partition coefficient (Wildman–Crippen LogP) is 5.99. The number of rotatable bonds is 6. The van der Waals surface area contributed by atoms with E-state index in [-0.39, 0.29) is 10.9 Å². The zero-order valence-corrected chi connectivity index (χ0v) is 17.6. The lowest BCUT2D eigenvalue weighted by molar-refractivity contribution is 0.102. The molecule has 0 aliphatic rings. The molecule has 4 aromatic rings. The van der Waals surface area contributed by atoms with Crippen LogP contribution in [0.2, 0.25) is 5.02 Å². The van der Waals surface area contributed by atoms with Crippen molar-refractivity contribution in [3.05, 3.63) is 95.4 Å². The minimum Gasteiger partial charge on any atom is -0.497 e. The SMILES string of the molecule is COc1ccc(Oc2ccnc(-c3cccc(C(=O)Nc4ccc(F)c(Cl)c4)c3)n2)cc1. The van der Waals surface area contributed by atoms with Crippen molar-refractivity contribution in [2.24, 2.45) is 0 Å². The first-order chi connectivity index (χ1) is 15.5. The van der Waals surface area contributed by atoms with Gasteiger partial charge in [0.2, 0.25) is 5.88 Å². The van der Waals surface area contributed by atoms with Gasteiger partial charge in [-0.05, 0) is 54.6 Å². The Morgan fingerprint density at radius 1 is 1.00 bits per heavy atom. The zero-order chi connectivity index (χ0) is 22.5. The van der Waals surface area contributed by atoms with Crippen LogP contribution < -0.4 is 14.8 Å². The zero-order valence-electron chi connectivity index (χ0n) is 16.9. The number of methoxy groups -OCH3 is 1. The van der Waals surface area contributed by atoms with E-state index in [1.807, 2.05) is 0 Å². The maximum atomic E-state index is 13.3. The molecule has 0 bridgehead atoms. The summed E-state index contributed by atoms with van der Waals surface area (Å²) >= 11 is 5.78. The highest BCUT2D eigenvalue weighted by atomic mass is 35.5.